The maximum Gasteiger partial charge on any atom is 0.243 e. The number of rotatable bonds is 7. The fraction of sp³-hybridized carbons (Fsp3) is 0.400. The number of aliphatic hydroxyl groups is 1. The van der Waals surface area contributed by atoms with E-state index >= 15 is 0 Å². The highest BCUT2D eigenvalue weighted by Crippen LogP contribution is 2.15. The zero-order valence-electron chi connectivity index (χ0n) is 12.7. The van der Waals surface area contributed by atoms with Crippen molar-refractivity contribution < 1.29 is 13.5 Å². The van der Waals surface area contributed by atoms with Crippen LogP contribution in [-0.2, 0) is 23.5 Å². The van der Waals surface area contributed by atoms with Gasteiger partial charge in [0.25, 0.3) is 0 Å². The van der Waals surface area contributed by atoms with Gasteiger partial charge in [0, 0.05) is 19.8 Å². The van der Waals surface area contributed by atoms with Crippen molar-refractivity contribution in [3.8, 4) is 0 Å². The fourth-order valence-electron chi connectivity index (χ4n) is 2.02. The SMILES string of the molecule is Cn1cc(S(=O)(=O)NCC(C)(O)CCc2ccccc2)cn1. The Morgan fingerprint density at radius 2 is 2.00 bits per heavy atom. The third-order valence-corrected chi connectivity index (χ3v) is 4.79. The quantitative estimate of drug-likeness (QED) is 0.798. The summed E-state index contributed by atoms with van der Waals surface area (Å²) >= 11 is 0. The summed E-state index contributed by atoms with van der Waals surface area (Å²) in [6.07, 6.45) is 3.84. The van der Waals surface area contributed by atoms with Crippen LogP contribution >= 0.6 is 0 Å². The van der Waals surface area contributed by atoms with Gasteiger partial charge in [0.1, 0.15) is 4.90 Å². The van der Waals surface area contributed by atoms with E-state index in [1.807, 2.05) is 30.3 Å². The topological polar surface area (TPSA) is 84.2 Å². The van der Waals surface area contributed by atoms with Gasteiger partial charge in [0.05, 0.1) is 11.8 Å². The molecule has 0 saturated heterocycles. The maximum atomic E-state index is 12.1. The zero-order valence-corrected chi connectivity index (χ0v) is 13.5. The molecule has 0 radical (unpaired) electrons. The summed E-state index contributed by atoms with van der Waals surface area (Å²) in [5, 5.41) is 14.2. The van der Waals surface area contributed by atoms with Crippen LogP contribution in [0.3, 0.4) is 0 Å². The molecule has 6 nitrogen and oxygen atoms in total. The first kappa shape index (κ1) is 16.7. The molecule has 0 fully saturated rings. The molecule has 0 amide bonds. The first-order valence-corrected chi connectivity index (χ1v) is 8.51. The van der Waals surface area contributed by atoms with Gasteiger partial charge in [-0.15, -0.1) is 0 Å². The maximum absolute atomic E-state index is 12.1. The molecule has 0 saturated carbocycles. The Kier molecular flexibility index (Phi) is 5.00. The molecule has 1 unspecified atom stereocenters. The lowest BCUT2D eigenvalue weighted by Gasteiger charge is -2.23. The van der Waals surface area contributed by atoms with E-state index in [2.05, 4.69) is 9.82 Å². The second-order valence-corrected chi connectivity index (χ2v) is 7.42. The number of benzene rings is 1. The van der Waals surface area contributed by atoms with Crippen LogP contribution in [0, 0.1) is 0 Å². The Morgan fingerprint density at radius 3 is 2.59 bits per heavy atom. The van der Waals surface area contributed by atoms with Crippen molar-refractivity contribution in [2.75, 3.05) is 6.54 Å². The van der Waals surface area contributed by atoms with E-state index in [1.165, 1.54) is 17.1 Å². The number of sulfonamides is 1. The van der Waals surface area contributed by atoms with Crippen LogP contribution in [0.25, 0.3) is 0 Å². The summed E-state index contributed by atoms with van der Waals surface area (Å²) < 4.78 is 28.0. The monoisotopic (exact) mass is 323 g/mol. The minimum absolute atomic E-state index is 0.0446. The highest BCUT2D eigenvalue weighted by molar-refractivity contribution is 7.89. The van der Waals surface area contributed by atoms with Crippen molar-refractivity contribution in [2.24, 2.45) is 7.05 Å². The summed E-state index contributed by atoms with van der Waals surface area (Å²) in [4.78, 5) is 0.0915. The normalized spacial score (nSPS) is 14.7. The standard InChI is InChI=1S/C15H21N3O3S/c1-15(19,9-8-13-6-4-3-5-7-13)12-17-22(20,21)14-10-16-18(2)11-14/h3-7,10-11,17,19H,8-9,12H2,1-2H3. The predicted octanol–water partition coefficient (Wildman–Crippen LogP) is 1.08. The van der Waals surface area contributed by atoms with E-state index in [9.17, 15) is 13.5 Å². The van der Waals surface area contributed by atoms with Crippen LogP contribution in [0.4, 0.5) is 0 Å². The van der Waals surface area contributed by atoms with Crippen LogP contribution in [0.2, 0.25) is 0 Å². The minimum atomic E-state index is -3.65. The van der Waals surface area contributed by atoms with Crippen molar-refractivity contribution >= 4 is 10.0 Å². The lowest BCUT2D eigenvalue weighted by Crippen LogP contribution is -2.40. The number of hydrogen-bond donors (Lipinski definition) is 2. The lowest BCUT2D eigenvalue weighted by molar-refractivity contribution is 0.0565. The number of nitrogens with one attached hydrogen (secondary N) is 1. The number of hydrogen-bond acceptors (Lipinski definition) is 4. The van der Waals surface area contributed by atoms with E-state index in [1.54, 1.807) is 14.0 Å². The first-order chi connectivity index (χ1) is 10.3. The van der Waals surface area contributed by atoms with E-state index in [-0.39, 0.29) is 11.4 Å². The molecule has 1 aromatic heterocycles. The summed E-state index contributed by atoms with van der Waals surface area (Å²) in [5.41, 5.74) is -0.0108. The van der Waals surface area contributed by atoms with Crippen molar-refractivity contribution in [3.63, 3.8) is 0 Å². The van der Waals surface area contributed by atoms with Gasteiger partial charge in [-0.05, 0) is 25.3 Å². The minimum Gasteiger partial charge on any atom is -0.389 e. The summed E-state index contributed by atoms with van der Waals surface area (Å²) in [5.74, 6) is 0. The molecule has 22 heavy (non-hydrogen) atoms. The van der Waals surface area contributed by atoms with E-state index in [4.69, 9.17) is 0 Å². The Balaban J connectivity index is 1.91. The van der Waals surface area contributed by atoms with Gasteiger partial charge < -0.3 is 5.11 Å². The summed E-state index contributed by atoms with van der Waals surface area (Å²) in [6, 6.07) is 9.78. The molecule has 0 bridgehead atoms. The Hall–Kier alpha value is -1.70. The molecular formula is C15H21N3O3S. The van der Waals surface area contributed by atoms with E-state index in [0.717, 1.165) is 5.56 Å². The average Bonchev–Trinajstić information content (AvgIpc) is 2.92. The molecule has 0 aliphatic rings. The third kappa shape index (κ3) is 4.66. The molecule has 0 aliphatic heterocycles. The van der Waals surface area contributed by atoms with Gasteiger partial charge in [-0.25, -0.2) is 13.1 Å². The summed E-state index contributed by atoms with van der Waals surface area (Å²) in [7, 11) is -2.00. The first-order valence-electron chi connectivity index (χ1n) is 7.03. The van der Waals surface area contributed by atoms with Crippen molar-refractivity contribution in [3.05, 3.63) is 48.3 Å². The van der Waals surface area contributed by atoms with Gasteiger partial charge in [-0.1, -0.05) is 30.3 Å². The Labute approximate surface area is 130 Å². The zero-order chi connectivity index (χ0) is 16.2. The van der Waals surface area contributed by atoms with Crippen LogP contribution < -0.4 is 4.72 Å². The average molecular weight is 323 g/mol. The molecule has 2 aromatic rings. The number of aryl methyl sites for hydroxylation is 2. The molecule has 1 atom stereocenters. The lowest BCUT2D eigenvalue weighted by atomic mass is 9.97. The van der Waals surface area contributed by atoms with Crippen molar-refractivity contribution in [1.82, 2.24) is 14.5 Å². The predicted molar refractivity (Wildman–Crippen MR) is 83.8 cm³/mol. The van der Waals surface area contributed by atoms with Crippen LogP contribution in [-0.4, -0.2) is 35.5 Å². The fourth-order valence-corrected chi connectivity index (χ4v) is 3.16. The third-order valence-electron chi connectivity index (χ3n) is 3.43. The van der Waals surface area contributed by atoms with Crippen molar-refractivity contribution in [2.45, 2.75) is 30.3 Å². The second-order valence-electron chi connectivity index (χ2n) is 5.66. The van der Waals surface area contributed by atoms with Crippen LogP contribution in [0.1, 0.15) is 18.9 Å². The van der Waals surface area contributed by atoms with Crippen molar-refractivity contribution in [1.29, 1.82) is 0 Å². The molecule has 1 heterocycles. The highest BCUT2D eigenvalue weighted by atomic mass is 32.2. The largest absolute Gasteiger partial charge is 0.389 e. The molecule has 2 N–H and O–H groups in total. The molecule has 1 aromatic carbocycles. The second kappa shape index (κ2) is 6.60. The molecule has 0 aliphatic carbocycles. The van der Waals surface area contributed by atoms with E-state index in [0.29, 0.717) is 12.8 Å². The molecule has 2 rings (SSSR count). The Bertz CT molecular complexity index is 709. The molecule has 0 spiro atoms. The molecule has 7 heteroatoms. The smallest absolute Gasteiger partial charge is 0.243 e. The van der Waals surface area contributed by atoms with Gasteiger partial charge in [-0.2, -0.15) is 5.10 Å². The number of aromatic nitrogens is 2. The van der Waals surface area contributed by atoms with Crippen LogP contribution in [0.15, 0.2) is 47.6 Å². The summed E-state index contributed by atoms with van der Waals surface area (Å²) in [6.45, 7) is 1.58. The molecule has 120 valence electrons. The van der Waals surface area contributed by atoms with Gasteiger partial charge in [-0.3, -0.25) is 4.68 Å². The Morgan fingerprint density at radius 1 is 1.32 bits per heavy atom. The van der Waals surface area contributed by atoms with Gasteiger partial charge in [0.15, 0.2) is 0 Å². The molecular weight excluding hydrogens is 302 g/mol. The van der Waals surface area contributed by atoms with Crippen LogP contribution in [0.5, 0.6) is 0 Å². The number of nitrogens with zero attached hydrogens (tertiary/aromatic N) is 2. The van der Waals surface area contributed by atoms with E-state index < -0.39 is 15.6 Å². The van der Waals surface area contributed by atoms with Gasteiger partial charge in [0.2, 0.25) is 10.0 Å². The van der Waals surface area contributed by atoms with Gasteiger partial charge >= 0.3 is 0 Å². The highest BCUT2D eigenvalue weighted by Gasteiger charge is 2.24.